The number of hydrogen-bond acceptors (Lipinski definition) is 6. The summed E-state index contributed by atoms with van der Waals surface area (Å²) >= 11 is 0. The van der Waals surface area contributed by atoms with Gasteiger partial charge in [-0.1, -0.05) is 0 Å². The van der Waals surface area contributed by atoms with Gasteiger partial charge in [0.25, 0.3) is 0 Å². The van der Waals surface area contributed by atoms with Gasteiger partial charge in [0.05, 0.1) is 24.7 Å². The second kappa shape index (κ2) is 4.94. The fourth-order valence-corrected chi connectivity index (χ4v) is 1.32. The first-order valence-electron chi connectivity index (χ1n) is 4.40. The van der Waals surface area contributed by atoms with Gasteiger partial charge >= 0.3 is 11.7 Å². The lowest BCUT2D eigenvalue weighted by Crippen LogP contribution is -2.08. The van der Waals surface area contributed by atoms with E-state index in [0.29, 0.717) is 0 Å². The molecule has 0 atom stereocenters. The highest BCUT2D eigenvalue weighted by molar-refractivity contribution is 5.96. The Labute approximate surface area is 96.3 Å². The molecular formula is C10H8N2O5. The lowest BCUT2D eigenvalue weighted by molar-refractivity contribution is -0.385. The number of esters is 1. The predicted octanol–water partition coefficient (Wildman–Crippen LogP) is 1.26. The summed E-state index contributed by atoms with van der Waals surface area (Å²) in [6.07, 6.45) is 0. The zero-order chi connectivity index (χ0) is 13.0. The van der Waals surface area contributed by atoms with Gasteiger partial charge in [-0.3, -0.25) is 10.1 Å². The summed E-state index contributed by atoms with van der Waals surface area (Å²) in [5.74, 6) is -1.14. The largest absolute Gasteiger partial charge is 0.490 e. The van der Waals surface area contributed by atoms with Gasteiger partial charge < -0.3 is 9.47 Å². The average Bonchev–Trinajstić information content (AvgIpc) is 2.35. The minimum absolute atomic E-state index is 0.0423. The third-order valence-corrected chi connectivity index (χ3v) is 2.05. The number of carbonyl (C=O) groups is 1. The summed E-state index contributed by atoms with van der Waals surface area (Å²) in [6, 6.07) is 4.02. The monoisotopic (exact) mass is 236 g/mol. The van der Waals surface area contributed by atoms with E-state index in [4.69, 9.17) is 10.00 Å². The molecule has 0 aliphatic rings. The molecule has 7 nitrogen and oxygen atoms in total. The first-order chi connectivity index (χ1) is 8.06. The lowest BCUT2D eigenvalue weighted by Gasteiger charge is -2.08. The molecule has 1 aromatic carbocycles. The van der Waals surface area contributed by atoms with Crippen LogP contribution in [0.15, 0.2) is 12.1 Å². The molecule has 88 valence electrons. The maximum Gasteiger partial charge on any atom is 0.343 e. The van der Waals surface area contributed by atoms with Crippen molar-refractivity contribution in [2.75, 3.05) is 14.2 Å². The van der Waals surface area contributed by atoms with E-state index >= 15 is 0 Å². The number of nitro groups is 1. The molecule has 17 heavy (non-hydrogen) atoms. The number of nitrogens with zero attached hydrogens (tertiary/aromatic N) is 2. The van der Waals surface area contributed by atoms with Crippen LogP contribution in [0.25, 0.3) is 0 Å². The first kappa shape index (κ1) is 12.4. The maximum absolute atomic E-state index is 11.5. The van der Waals surface area contributed by atoms with Crippen molar-refractivity contribution < 1.29 is 19.2 Å². The summed E-state index contributed by atoms with van der Waals surface area (Å²) in [6.45, 7) is 0. The highest BCUT2D eigenvalue weighted by atomic mass is 16.6. The number of methoxy groups -OCH3 is 2. The number of nitriles is 1. The lowest BCUT2D eigenvalue weighted by atomic mass is 10.1. The Balaban J connectivity index is 3.61. The van der Waals surface area contributed by atoms with Crippen LogP contribution in [0, 0.1) is 21.4 Å². The van der Waals surface area contributed by atoms with E-state index in [2.05, 4.69) is 4.74 Å². The predicted molar refractivity (Wildman–Crippen MR) is 55.7 cm³/mol. The van der Waals surface area contributed by atoms with Crippen molar-refractivity contribution in [3.8, 4) is 11.8 Å². The quantitative estimate of drug-likeness (QED) is 0.444. The molecule has 0 bridgehead atoms. The van der Waals surface area contributed by atoms with Gasteiger partial charge in [-0.15, -0.1) is 0 Å². The van der Waals surface area contributed by atoms with Gasteiger partial charge in [0, 0.05) is 6.07 Å². The standard InChI is InChI=1S/C10H8N2O5/c1-16-9-7(12(14)15)4-3-6(5-11)8(9)10(13)17-2/h3-4H,1-2H3. The molecule has 0 aromatic heterocycles. The Morgan fingerprint density at radius 2 is 2.12 bits per heavy atom. The molecule has 0 saturated heterocycles. The molecule has 0 unspecified atom stereocenters. The molecule has 0 spiro atoms. The number of hydrogen-bond donors (Lipinski definition) is 0. The maximum atomic E-state index is 11.5. The van der Waals surface area contributed by atoms with Crippen LogP contribution in [0.2, 0.25) is 0 Å². The van der Waals surface area contributed by atoms with E-state index in [-0.39, 0.29) is 16.9 Å². The zero-order valence-electron chi connectivity index (χ0n) is 9.09. The summed E-state index contributed by atoms with van der Waals surface area (Å²) < 4.78 is 9.27. The molecule has 7 heteroatoms. The second-order valence-electron chi connectivity index (χ2n) is 2.90. The van der Waals surface area contributed by atoms with Crippen molar-refractivity contribution in [1.29, 1.82) is 5.26 Å². The van der Waals surface area contributed by atoms with Gasteiger partial charge in [0.2, 0.25) is 5.75 Å². The van der Waals surface area contributed by atoms with Crippen LogP contribution in [0.3, 0.4) is 0 Å². The third-order valence-electron chi connectivity index (χ3n) is 2.05. The summed E-state index contributed by atoms with van der Waals surface area (Å²) in [5, 5.41) is 19.6. The molecule has 0 fully saturated rings. The molecule has 1 rings (SSSR count). The van der Waals surface area contributed by atoms with E-state index in [9.17, 15) is 14.9 Å². The van der Waals surface area contributed by atoms with Crippen molar-refractivity contribution in [2.24, 2.45) is 0 Å². The van der Waals surface area contributed by atoms with Crippen LogP contribution in [-0.4, -0.2) is 25.1 Å². The molecule has 0 radical (unpaired) electrons. The van der Waals surface area contributed by atoms with E-state index in [1.54, 1.807) is 6.07 Å². The molecule has 0 heterocycles. The van der Waals surface area contributed by atoms with Crippen LogP contribution in [0.5, 0.6) is 5.75 Å². The fraction of sp³-hybridized carbons (Fsp3) is 0.200. The molecule has 1 aromatic rings. The SMILES string of the molecule is COC(=O)c1c(C#N)ccc([N+](=O)[O-])c1OC. The van der Waals surface area contributed by atoms with E-state index in [1.807, 2.05) is 0 Å². The van der Waals surface area contributed by atoms with E-state index < -0.39 is 16.6 Å². The molecule has 0 saturated carbocycles. The molecule has 0 N–H and O–H groups in total. The average molecular weight is 236 g/mol. The third kappa shape index (κ3) is 2.15. The molecule has 0 amide bonds. The topological polar surface area (TPSA) is 102 Å². The summed E-state index contributed by atoms with van der Waals surface area (Å²) in [4.78, 5) is 21.5. The van der Waals surface area contributed by atoms with Crippen molar-refractivity contribution in [1.82, 2.24) is 0 Å². The Morgan fingerprint density at radius 3 is 2.53 bits per heavy atom. The first-order valence-corrected chi connectivity index (χ1v) is 4.40. The Bertz CT molecular complexity index is 518. The van der Waals surface area contributed by atoms with E-state index in [0.717, 1.165) is 13.2 Å². The number of nitro benzene ring substituents is 1. The Kier molecular flexibility index (Phi) is 3.62. The highest BCUT2D eigenvalue weighted by Gasteiger charge is 2.26. The minimum Gasteiger partial charge on any atom is -0.490 e. The minimum atomic E-state index is -0.859. The normalized spacial score (nSPS) is 9.24. The number of carbonyl (C=O) groups excluding carboxylic acids is 1. The van der Waals surface area contributed by atoms with Crippen LogP contribution in [0.1, 0.15) is 15.9 Å². The van der Waals surface area contributed by atoms with Gasteiger partial charge in [-0.05, 0) is 6.07 Å². The summed E-state index contributed by atoms with van der Waals surface area (Å²) in [7, 11) is 2.29. The van der Waals surface area contributed by atoms with Crippen LogP contribution >= 0.6 is 0 Å². The van der Waals surface area contributed by atoms with Crippen molar-refractivity contribution >= 4 is 11.7 Å². The zero-order valence-corrected chi connectivity index (χ0v) is 9.09. The smallest absolute Gasteiger partial charge is 0.343 e. The Hall–Kier alpha value is -2.62. The van der Waals surface area contributed by atoms with Gasteiger partial charge in [-0.25, -0.2) is 4.79 Å². The van der Waals surface area contributed by atoms with Crippen LogP contribution in [-0.2, 0) is 4.74 Å². The summed E-state index contributed by atoms with van der Waals surface area (Å²) in [5.41, 5.74) is -0.682. The second-order valence-corrected chi connectivity index (χ2v) is 2.90. The number of ether oxygens (including phenoxy) is 2. The van der Waals surface area contributed by atoms with Gasteiger partial charge in [0.1, 0.15) is 11.6 Å². The molecule has 0 aliphatic heterocycles. The number of benzene rings is 1. The van der Waals surface area contributed by atoms with Gasteiger partial charge in [0.15, 0.2) is 0 Å². The molecule has 0 aliphatic carbocycles. The van der Waals surface area contributed by atoms with Crippen LogP contribution in [0.4, 0.5) is 5.69 Å². The van der Waals surface area contributed by atoms with Crippen molar-refractivity contribution in [3.05, 3.63) is 33.4 Å². The Morgan fingerprint density at radius 1 is 1.47 bits per heavy atom. The van der Waals surface area contributed by atoms with Crippen molar-refractivity contribution in [2.45, 2.75) is 0 Å². The van der Waals surface area contributed by atoms with Gasteiger partial charge in [-0.2, -0.15) is 5.26 Å². The van der Waals surface area contributed by atoms with Crippen LogP contribution < -0.4 is 4.74 Å². The van der Waals surface area contributed by atoms with Crippen molar-refractivity contribution in [3.63, 3.8) is 0 Å². The molecular weight excluding hydrogens is 228 g/mol. The fourth-order valence-electron chi connectivity index (χ4n) is 1.32. The highest BCUT2D eigenvalue weighted by Crippen LogP contribution is 2.33. The van der Waals surface area contributed by atoms with E-state index in [1.165, 1.54) is 13.2 Å². The number of rotatable bonds is 3.